The number of hydrogen-bond acceptors (Lipinski definition) is 10. The zero-order valence-electron chi connectivity index (χ0n) is 38.7. The standard InChI is InChI=1S/C52H78N2O8S/c1-5-8-9-10-11-12-13-14-15-23-34-60-51(57)54(30-6-2)48-39-46(53-58-4)44-37-40(24-19-21-31-55)43(27-20-22-32-56)49-45-38-41(59-35-36-63-42-25-17-16-18-26-42)28-29-47(45)62-52(48,50(44)49)61-33-7-3/h7,16-18,25-26,28-29,37-38,40,43,48-50,55-56H,3,5-6,8-15,19-24,27,30-36,39H2,1-2,4H3. The molecule has 350 valence electrons. The average Bonchev–Trinajstić information content (AvgIpc) is 3.30. The average molecular weight is 891 g/mol. The highest BCUT2D eigenvalue weighted by molar-refractivity contribution is 7.99. The van der Waals surface area contributed by atoms with E-state index in [-0.39, 0.29) is 49.6 Å². The summed E-state index contributed by atoms with van der Waals surface area (Å²) >= 11 is 1.76. The van der Waals surface area contributed by atoms with Gasteiger partial charge in [-0.15, -0.1) is 18.3 Å². The van der Waals surface area contributed by atoms with Crippen molar-refractivity contribution in [3.05, 3.63) is 78.4 Å². The van der Waals surface area contributed by atoms with Crippen LogP contribution in [0.4, 0.5) is 4.79 Å². The molecular formula is C52H78N2O8S. The molecule has 1 amide bonds. The number of oxime groups is 1. The van der Waals surface area contributed by atoms with Gasteiger partial charge < -0.3 is 34.0 Å². The minimum Gasteiger partial charge on any atom is -0.493 e. The van der Waals surface area contributed by atoms with Crippen molar-refractivity contribution in [2.24, 2.45) is 22.9 Å². The molecule has 2 aromatic carbocycles. The van der Waals surface area contributed by atoms with Crippen molar-refractivity contribution in [1.29, 1.82) is 0 Å². The number of fused-ring (bicyclic) bond motifs is 2. The Morgan fingerprint density at radius 2 is 1.62 bits per heavy atom. The summed E-state index contributed by atoms with van der Waals surface area (Å²) in [5.74, 6) is 0.765. The van der Waals surface area contributed by atoms with Crippen LogP contribution in [0, 0.1) is 17.8 Å². The van der Waals surface area contributed by atoms with Crippen LogP contribution in [0.15, 0.2) is 82.9 Å². The molecule has 1 aliphatic heterocycles. The molecule has 0 saturated heterocycles. The van der Waals surface area contributed by atoms with E-state index in [4.69, 9.17) is 28.9 Å². The molecule has 0 bridgehead atoms. The Kier molecular flexibility index (Phi) is 22.2. The van der Waals surface area contributed by atoms with Crippen molar-refractivity contribution < 1.29 is 38.8 Å². The van der Waals surface area contributed by atoms with Gasteiger partial charge in [-0.2, -0.15) is 0 Å². The molecule has 2 aromatic rings. The van der Waals surface area contributed by atoms with Crippen molar-refractivity contribution in [2.45, 2.75) is 152 Å². The second kappa shape index (κ2) is 27.7. The molecule has 0 radical (unpaired) electrons. The number of nitrogens with zero attached hydrogens (tertiary/aromatic N) is 2. The number of aliphatic hydroxyl groups excluding tert-OH is 2. The number of ether oxygens (including phenoxy) is 4. The summed E-state index contributed by atoms with van der Waals surface area (Å²) in [4.78, 5) is 23.1. The lowest BCUT2D eigenvalue weighted by molar-refractivity contribution is -0.255. The number of aliphatic hydroxyl groups is 2. The van der Waals surface area contributed by atoms with Gasteiger partial charge in [0, 0.05) is 48.3 Å². The number of thioether (sulfide) groups is 1. The van der Waals surface area contributed by atoms with Gasteiger partial charge in [0.2, 0.25) is 5.79 Å². The Hall–Kier alpha value is -3.51. The summed E-state index contributed by atoms with van der Waals surface area (Å²) in [6.45, 7) is 10.2. The van der Waals surface area contributed by atoms with Gasteiger partial charge in [-0.1, -0.05) is 120 Å². The second-order valence-electron chi connectivity index (χ2n) is 17.5. The zero-order chi connectivity index (χ0) is 44.7. The SMILES string of the molecule is C=CCOC12Oc3ccc(OCCSc4ccccc4)cc3C3C(CCCCO)C(CCCCO)C=C(C(=NOC)CC1N(CCC)C(=O)OCCCCCCCCCCCC)C32. The summed E-state index contributed by atoms with van der Waals surface area (Å²) in [5, 5.41) is 24.5. The third-order valence-electron chi connectivity index (χ3n) is 13.0. The summed E-state index contributed by atoms with van der Waals surface area (Å²) in [7, 11) is 1.58. The van der Waals surface area contributed by atoms with Crippen molar-refractivity contribution in [3.8, 4) is 11.5 Å². The number of carbonyl (C=O) groups is 1. The van der Waals surface area contributed by atoms with Crippen LogP contribution in [-0.4, -0.2) is 91.2 Å². The van der Waals surface area contributed by atoms with Crippen LogP contribution >= 0.6 is 11.8 Å². The maximum Gasteiger partial charge on any atom is 0.410 e. The predicted molar refractivity (Wildman–Crippen MR) is 255 cm³/mol. The minimum absolute atomic E-state index is 0.116. The van der Waals surface area contributed by atoms with E-state index >= 15 is 0 Å². The highest BCUT2D eigenvalue weighted by Gasteiger charge is 2.65. The van der Waals surface area contributed by atoms with Crippen LogP contribution in [0.3, 0.4) is 0 Å². The Labute approximate surface area is 383 Å². The van der Waals surface area contributed by atoms with Crippen molar-refractivity contribution in [1.82, 2.24) is 4.90 Å². The molecule has 0 spiro atoms. The van der Waals surface area contributed by atoms with Crippen LogP contribution in [-0.2, 0) is 14.3 Å². The Bertz CT molecular complexity index is 1710. The molecule has 2 N–H and O–H groups in total. The number of carbonyl (C=O) groups excluding carboxylic acids is 1. The summed E-state index contributed by atoms with van der Waals surface area (Å²) in [6.07, 6.45) is 21.7. The van der Waals surface area contributed by atoms with E-state index in [0.29, 0.717) is 44.8 Å². The molecule has 1 fully saturated rings. The molecule has 11 heteroatoms. The molecule has 2 aliphatic carbocycles. The van der Waals surface area contributed by atoms with Gasteiger partial charge in [-0.05, 0) is 86.3 Å². The van der Waals surface area contributed by atoms with Crippen molar-refractivity contribution in [2.75, 3.05) is 52.4 Å². The zero-order valence-corrected chi connectivity index (χ0v) is 39.5. The highest BCUT2D eigenvalue weighted by Crippen LogP contribution is 2.62. The predicted octanol–water partition coefficient (Wildman–Crippen LogP) is 11.9. The fourth-order valence-corrected chi connectivity index (χ4v) is 10.9. The fourth-order valence-electron chi connectivity index (χ4n) is 10.1. The van der Waals surface area contributed by atoms with Crippen LogP contribution in [0.2, 0.25) is 0 Å². The van der Waals surface area contributed by atoms with E-state index < -0.39 is 11.8 Å². The maximum atomic E-state index is 14.5. The number of allylic oxidation sites excluding steroid dienone is 1. The van der Waals surface area contributed by atoms with E-state index in [1.165, 1.54) is 49.8 Å². The van der Waals surface area contributed by atoms with Gasteiger partial charge in [0.15, 0.2) is 0 Å². The Morgan fingerprint density at radius 3 is 2.30 bits per heavy atom. The third-order valence-corrected chi connectivity index (χ3v) is 14.0. The number of hydrogen-bond donors (Lipinski definition) is 2. The van der Waals surface area contributed by atoms with E-state index in [2.05, 4.69) is 56.8 Å². The van der Waals surface area contributed by atoms with Crippen LogP contribution < -0.4 is 9.47 Å². The van der Waals surface area contributed by atoms with E-state index in [1.54, 1.807) is 24.9 Å². The quantitative estimate of drug-likeness (QED) is 0.0330. The first-order chi connectivity index (χ1) is 31.0. The first kappa shape index (κ1) is 50.5. The van der Waals surface area contributed by atoms with Gasteiger partial charge in [-0.3, -0.25) is 4.90 Å². The molecule has 6 atom stereocenters. The lowest BCUT2D eigenvalue weighted by Gasteiger charge is -2.59. The number of rotatable bonds is 31. The van der Waals surface area contributed by atoms with Gasteiger partial charge >= 0.3 is 6.09 Å². The van der Waals surface area contributed by atoms with Crippen molar-refractivity contribution in [3.63, 3.8) is 0 Å². The topological polar surface area (TPSA) is 119 Å². The maximum absolute atomic E-state index is 14.5. The van der Waals surface area contributed by atoms with Gasteiger partial charge in [0.25, 0.3) is 0 Å². The molecule has 3 aliphatic rings. The van der Waals surface area contributed by atoms with Crippen molar-refractivity contribution >= 4 is 23.6 Å². The lowest BCUT2D eigenvalue weighted by Crippen LogP contribution is -2.70. The van der Waals surface area contributed by atoms with Gasteiger partial charge in [0.1, 0.15) is 24.7 Å². The Morgan fingerprint density at radius 1 is 0.905 bits per heavy atom. The first-order valence-electron chi connectivity index (χ1n) is 24.3. The highest BCUT2D eigenvalue weighted by atomic mass is 32.2. The molecule has 10 nitrogen and oxygen atoms in total. The number of benzene rings is 2. The largest absolute Gasteiger partial charge is 0.493 e. The third kappa shape index (κ3) is 14.0. The lowest BCUT2D eigenvalue weighted by atomic mass is 9.55. The molecule has 5 rings (SSSR count). The van der Waals surface area contributed by atoms with Crippen LogP contribution in [0.1, 0.15) is 141 Å². The fraction of sp³-hybridized carbons (Fsp3) is 0.654. The molecule has 6 unspecified atom stereocenters. The molecule has 0 aromatic heterocycles. The first-order valence-corrected chi connectivity index (χ1v) is 25.3. The normalized spacial score (nSPS) is 23.0. The number of unbranched alkanes of at least 4 members (excludes halogenated alkanes) is 11. The smallest absolute Gasteiger partial charge is 0.410 e. The Balaban J connectivity index is 1.50. The molecular weight excluding hydrogens is 813 g/mol. The molecule has 63 heavy (non-hydrogen) atoms. The van der Waals surface area contributed by atoms with Crippen LogP contribution in [0.5, 0.6) is 11.5 Å². The number of amides is 1. The van der Waals surface area contributed by atoms with Crippen LogP contribution in [0.25, 0.3) is 0 Å². The molecule has 1 heterocycles. The van der Waals surface area contributed by atoms with Gasteiger partial charge in [0.05, 0.1) is 31.5 Å². The van der Waals surface area contributed by atoms with Gasteiger partial charge in [-0.25, -0.2) is 4.79 Å². The minimum atomic E-state index is -1.31. The molecule has 1 saturated carbocycles. The monoisotopic (exact) mass is 891 g/mol. The summed E-state index contributed by atoms with van der Waals surface area (Å²) in [5.41, 5.74) is 2.83. The second-order valence-corrected chi connectivity index (χ2v) is 18.6. The summed E-state index contributed by atoms with van der Waals surface area (Å²) in [6, 6.07) is 15.9. The van der Waals surface area contributed by atoms with E-state index in [0.717, 1.165) is 79.7 Å². The van der Waals surface area contributed by atoms with E-state index in [1.807, 2.05) is 23.1 Å². The van der Waals surface area contributed by atoms with E-state index in [9.17, 15) is 15.0 Å². The summed E-state index contributed by atoms with van der Waals surface area (Å²) < 4.78 is 27.0.